The van der Waals surface area contributed by atoms with E-state index in [-0.39, 0.29) is 11.9 Å². The fraction of sp³-hybridized carbons (Fsp3) is 0.286. The first kappa shape index (κ1) is 15.8. The van der Waals surface area contributed by atoms with E-state index in [9.17, 15) is 4.79 Å². The standard InChI is InChI=1S/C21H21N3O/c1-14(16-6-5-11-22-13-16)24(2)21(25)18-12-20(15-9-10-15)23-19-8-4-3-7-17(18)19/h3-8,11-15H,9-10H2,1-2H3. The highest BCUT2D eigenvalue weighted by Crippen LogP contribution is 2.40. The highest BCUT2D eigenvalue weighted by molar-refractivity contribution is 6.06. The van der Waals surface area contributed by atoms with Gasteiger partial charge in [-0.1, -0.05) is 24.3 Å². The van der Waals surface area contributed by atoms with Crippen LogP contribution >= 0.6 is 0 Å². The third-order valence-corrected chi connectivity index (χ3v) is 5.03. The Labute approximate surface area is 147 Å². The second-order valence-corrected chi connectivity index (χ2v) is 6.76. The van der Waals surface area contributed by atoms with Gasteiger partial charge in [0.2, 0.25) is 0 Å². The number of nitrogens with zero attached hydrogens (tertiary/aromatic N) is 3. The van der Waals surface area contributed by atoms with E-state index in [1.165, 1.54) is 12.8 Å². The van der Waals surface area contributed by atoms with Crippen LogP contribution in [0.5, 0.6) is 0 Å². The van der Waals surface area contributed by atoms with Crippen molar-refractivity contribution in [3.05, 3.63) is 71.7 Å². The molecule has 0 N–H and O–H groups in total. The second-order valence-electron chi connectivity index (χ2n) is 6.76. The fourth-order valence-electron chi connectivity index (χ4n) is 3.17. The molecule has 4 heteroatoms. The molecule has 1 aliphatic carbocycles. The zero-order chi connectivity index (χ0) is 17.4. The van der Waals surface area contributed by atoms with Gasteiger partial charge in [0.1, 0.15) is 0 Å². The fourth-order valence-corrected chi connectivity index (χ4v) is 3.17. The molecule has 1 aromatic carbocycles. The first-order chi connectivity index (χ1) is 12.1. The number of carbonyl (C=O) groups is 1. The zero-order valence-electron chi connectivity index (χ0n) is 14.5. The lowest BCUT2D eigenvalue weighted by Gasteiger charge is -2.26. The smallest absolute Gasteiger partial charge is 0.254 e. The summed E-state index contributed by atoms with van der Waals surface area (Å²) in [6.45, 7) is 2.03. The molecule has 0 bridgehead atoms. The van der Waals surface area contributed by atoms with E-state index in [4.69, 9.17) is 4.98 Å². The predicted molar refractivity (Wildman–Crippen MR) is 98.5 cm³/mol. The van der Waals surface area contributed by atoms with Crippen molar-refractivity contribution in [1.82, 2.24) is 14.9 Å². The molecular weight excluding hydrogens is 310 g/mol. The van der Waals surface area contributed by atoms with E-state index in [1.807, 2.05) is 62.6 Å². The minimum Gasteiger partial charge on any atom is -0.335 e. The van der Waals surface area contributed by atoms with Crippen LogP contribution in [-0.2, 0) is 0 Å². The van der Waals surface area contributed by atoms with E-state index in [2.05, 4.69) is 4.98 Å². The van der Waals surface area contributed by atoms with Crippen LogP contribution in [0.4, 0.5) is 0 Å². The molecule has 0 spiro atoms. The lowest BCUT2D eigenvalue weighted by Crippen LogP contribution is -2.30. The van der Waals surface area contributed by atoms with Gasteiger partial charge in [-0.15, -0.1) is 0 Å². The molecule has 1 unspecified atom stereocenters. The molecule has 4 rings (SSSR count). The Balaban J connectivity index is 1.74. The normalized spacial score (nSPS) is 15.1. The zero-order valence-corrected chi connectivity index (χ0v) is 14.5. The van der Waals surface area contributed by atoms with Gasteiger partial charge >= 0.3 is 0 Å². The van der Waals surface area contributed by atoms with Crippen LogP contribution in [0.15, 0.2) is 54.9 Å². The summed E-state index contributed by atoms with van der Waals surface area (Å²) in [5, 5.41) is 0.919. The highest BCUT2D eigenvalue weighted by Gasteiger charge is 2.28. The van der Waals surface area contributed by atoms with Gasteiger partial charge in [-0.2, -0.15) is 0 Å². The molecule has 3 aromatic rings. The molecule has 126 valence electrons. The number of fused-ring (bicyclic) bond motifs is 1. The van der Waals surface area contributed by atoms with Gasteiger partial charge < -0.3 is 4.90 Å². The molecule has 0 radical (unpaired) electrons. The van der Waals surface area contributed by atoms with Gasteiger partial charge in [-0.05, 0) is 43.5 Å². The Kier molecular flexibility index (Phi) is 3.96. The SMILES string of the molecule is CC(c1cccnc1)N(C)C(=O)c1cc(C2CC2)nc2ccccc12. The average molecular weight is 331 g/mol. The van der Waals surface area contributed by atoms with Crippen LogP contribution in [0, 0.1) is 0 Å². The largest absolute Gasteiger partial charge is 0.335 e. The molecule has 0 saturated heterocycles. The Morgan fingerprint density at radius 3 is 2.72 bits per heavy atom. The van der Waals surface area contributed by atoms with Crippen molar-refractivity contribution in [3.8, 4) is 0 Å². The van der Waals surface area contributed by atoms with Crippen LogP contribution in [0.1, 0.15) is 53.3 Å². The molecule has 0 aliphatic heterocycles. The molecule has 1 fully saturated rings. The van der Waals surface area contributed by atoms with E-state index >= 15 is 0 Å². The van der Waals surface area contributed by atoms with Crippen molar-refractivity contribution in [1.29, 1.82) is 0 Å². The monoisotopic (exact) mass is 331 g/mol. The lowest BCUT2D eigenvalue weighted by atomic mass is 10.0. The molecule has 2 aromatic heterocycles. The summed E-state index contributed by atoms with van der Waals surface area (Å²) in [4.78, 5) is 24.0. The van der Waals surface area contributed by atoms with E-state index in [1.54, 1.807) is 11.1 Å². The van der Waals surface area contributed by atoms with Gasteiger partial charge in [-0.3, -0.25) is 14.8 Å². The number of carbonyl (C=O) groups excluding carboxylic acids is 1. The average Bonchev–Trinajstić information content (AvgIpc) is 3.51. The molecule has 4 nitrogen and oxygen atoms in total. The maximum atomic E-state index is 13.2. The minimum atomic E-state index is -0.0440. The molecule has 1 saturated carbocycles. The van der Waals surface area contributed by atoms with Crippen LogP contribution in [-0.4, -0.2) is 27.8 Å². The van der Waals surface area contributed by atoms with Crippen LogP contribution in [0.2, 0.25) is 0 Å². The first-order valence-electron chi connectivity index (χ1n) is 8.72. The van der Waals surface area contributed by atoms with Gasteiger partial charge in [0.15, 0.2) is 0 Å². The van der Waals surface area contributed by atoms with Gasteiger partial charge in [-0.25, -0.2) is 0 Å². The number of para-hydroxylation sites is 1. The van der Waals surface area contributed by atoms with Crippen molar-refractivity contribution in [2.75, 3.05) is 7.05 Å². The number of hydrogen-bond donors (Lipinski definition) is 0. The number of rotatable bonds is 4. The summed E-state index contributed by atoms with van der Waals surface area (Å²) >= 11 is 0. The molecule has 1 aliphatic rings. The van der Waals surface area contributed by atoms with E-state index in [0.717, 1.165) is 27.7 Å². The number of benzene rings is 1. The third-order valence-electron chi connectivity index (χ3n) is 5.03. The summed E-state index contributed by atoms with van der Waals surface area (Å²) < 4.78 is 0. The minimum absolute atomic E-state index is 0.0249. The van der Waals surface area contributed by atoms with Crippen molar-refractivity contribution in [3.63, 3.8) is 0 Å². The van der Waals surface area contributed by atoms with Crippen molar-refractivity contribution >= 4 is 16.8 Å². The topological polar surface area (TPSA) is 46.1 Å². The maximum absolute atomic E-state index is 13.2. The van der Waals surface area contributed by atoms with Crippen molar-refractivity contribution < 1.29 is 4.79 Å². The van der Waals surface area contributed by atoms with E-state index < -0.39 is 0 Å². The maximum Gasteiger partial charge on any atom is 0.254 e. The summed E-state index contributed by atoms with van der Waals surface area (Å²) in [6, 6.07) is 13.8. The third kappa shape index (κ3) is 3.00. The summed E-state index contributed by atoms with van der Waals surface area (Å²) in [5.74, 6) is 0.536. The van der Waals surface area contributed by atoms with Crippen LogP contribution < -0.4 is 0 Å². The van der Waals surface area contributed by atoms with Crippen molar-refractivity contribution in [2.24, 2.45) is 0 Å². The molecule has 1 atom stereocenters. The van der Waals surface area contributed by atoms with E-state index in [0.29, 0.717) is 5.92 Å². The quantitative estimate of drug-likeness (QED) is 0.714. The van der Waals surface area contributed by atoms with Crippen molar-refractivity contribution in [2.45, 2.75) is 31.7 Å². The molecule has 2 heterocycles. The first-order valence-corrected chi connectivity index (χ1v) is 8.72. The lowest BCUT2D eigenvalue weighted by molar-refractivity contribution is 0.0744. The highest BCUT2D eigenvalue weighted by atomic mass is 16.2. The van der Waals surface area contributed by atoms with Gasteiger partial charge in [0.05, 0.1) is 17.1 Å². The number of pyridine rings is 2. The molecular formula is C21H21N3O. The summed E-state index contributed by atoms with van der Waals surface area (Å²) in [5.41, 5.74) is 3.71. The van der Waals surface area contributed by atoms with Gasteiger partial charge in [0.25, 0.3) is 5.91 Å². The Morgan fingerprint density at radius 1 is 1.20 bits per heavy atom. The summed E-state index contributed by atoms with van der Waals surface area (Å²) in [6.07, 6.45) is 5.90. The Bertz CT molecular complexity index is 919. The van der Waals surface area contributed by atoms with Crippen LogP contribution in [0.25, 0.3) is 10.9 Å². The second kappa shape index (κ2) is 6.28. The Morgan fingerprint density at radius 2 is 2.00 bits per heavy atom. The van der Waals surface area contributed by atoms with Crippen LogP contribution in [0.3, 0.4) is 0 Å². The Hall–Kier alpha value is -2.75. The van der Waals surface area contributed by atoms with Gasteiger partial charge in [0, 0.05) is 36.4 Å². The number of amides is 1. The predicted octanol–water partition coefficient (Wildman–Crippen LogP) is 4.34. The number of hydrogen-bond acceptors (Lipinski definition) is 3. The molecule has 1 amide bonds. The summed E-state index contributed by atoms with van der Waals surface area (Å²) in [7, 11) is 1.85. The molecule has 25 heavy (non-hydrogen) atoms. The number of aromatic nitrogens is 2.